The minimum Gasteiger partial charge on any atom is -0.383 e. The van der Waals surface area contributed by atoms with Crippen molar-refractivity contribution in [1.82, 2.24) is 4.57 Å². The predicted octanol–water partition coefficient (Wildman–Crippen LogP) is 3.54. The van der Waals surface area contributed by atoms with Gasteiger partial charge in [0.05, 0.1) is 21.7 Å². The maximum atomic E-state index is 13.5. The fourth-order valence-electron chi connectivity index (χ4n) is 2.57. The Labute approximate surface area is 163 Å². The van der Waals surface area contributed by atoms with Gasteiger partial charge < -0.3 is 9.30 Å². The van der Waals surface area contributed by atoms with E-state index in [4.69, 9.17) is 4.74 Å². The lowest BCUT2D eigenvalue weighted by Crippen LogP contribution is -2.18. The molecule has 0 aliphatic rings. The van der Waals surface area contributed by atoms with Gasteiger partial charge in [-0.05, 0) is 29.8 Å². The monoisotopic (exact) mass is 401 g/mol. The molecule has 0 saturated heterocycles. The van der Waals surface area contributed by atoms with Crippen LogP contribution >= 0.6 is 11.3 Å². The molecule has 2 aromatic carbocycles. The molecule has 1 amide bonds. The molecule has 3 aromatic rings. The Hall–Kier alpha value is -3.17. The molecule has 0 saturated carbocycles. The number of rotatable bonds is 6. The molecule has 3 rings (SSSR count). The third kappa shape index (κ3) is 4.56. The lowest BCUT2D eigenvalue weighted by atomic mass is 10.2. The lowest BCUT2D eigenvalue weighted by Gasteiger charge is -2.03. The summed E-state index contributed by atoms with van der Waals surface area (Å²) in [4.78, 5) is 27.1. The molecule has 1 aromatic heterocycles. The highest BCUT2D eigenvalue weighted by molar-refractivity contribution is 7.16. The second-order valence-electron chi connectivity index (χ2n) is 5.78. The quantitative estimate of drug-likeness (QED) is 0.359. The van der Waals surface area contributed by atoms with Gasteiger partial charge in [0, 0.05) is 31.9 Å². The molecule has 0 aliphatic carbocycles. The first-order chi connectivity index (χ1) is 13.5. The summed E-state index contributed by atoms with van der Waals surface area (Å²) in [7, 11) is 1.57. The van der Waals surface area contributed by atoms with Crippen LogP contribution in [0.2, 0.25) is 0 Å². The van der Waals surface area contributed by atoms with E-state index in [-0.39, 0.29) is 11.5 Å². The Morgan fingerprint density at radius 3 is 2.93 bits per heavy atom. The number of methoxy groups -OCH3 is 1. The van der Waals surface area contributed by atoms with Crippen molar-refractivity contribution in [3.05, 3.63) is 74.8 Å². The summed E-state index contributed by atoms with van der Waals surface area (Å²) in [6.45, 7) is 0.872. The van der Waals surface area contributed by atoms with E-state index in [1.165, 1.54) is 47.8 Å². The largest absolute Gasteiger partial charge is 0.383 e. The van der Waals surface area contributed by atoms with Gasteiger partial charge in [-0.15, -0.1) is 0 Å². The molecular weight excluding hydrogens is 385 g/mol. The van der Waals surface area contributed by atoms with Crippen molar-refractivity contribution in [3.8, 4) is 0 Å². The number of hydrogen-bond donors (Lipinski definition) is 0. The molecule has 0 radical (unpaired) electrons. The van der Waals surface area contributed by atoms with Gasteiger partial charge in [0.25, 0.3) is 11.6 Å². The zero-order chi connectivity index (χ0) is 20.1. The highest BCUT2D eigenvalue weighted by Gasteiger charge is 2.08. The van der Waals surface area contributed by atoms with Crippen molar-refractivity contribution >= 4 is 39.2 Å². The minimum atomic E-state index is -0.523. The highest BCUT2D eigenvalue weighted by Crippen LogP contribution is 2.19. The number of halogens is 1. The van der Waals surface area contributed by atoms with E-state index >= 15 is 0 Å². The van der Waals surface area contributed by atoms with Crippen molar-refractivity contribution in [2.24, 2.45) is 4.99 Å². The van der Waals surface area contributed by atoms with Gasteiger partial charge in [0.15, 0.2) is 4.80 Å². The zero-order valence-corrected chi connectivity index (χ0v) is 15.7. The molecule has 0 atom stereocenters. The first-order valence-corrected chi connectivity index (χ1v) is 9.08. The Kier molecular flexibility index (Phi) is 6.07. The number of amides is 1. The Balaban J connectivity index is 1.93. The van der Waals surface area contributed by atoms with E-state index in [1.54, 1.807) is 29.9 Å². The lowest BCUT2D eigenvalue weighted by molar-refractivity contribution is -0.384. The fraction of sp³-hybridized carbons (Fsp3) is 0.158. The maximum Gasteiger partial charge on any atom is 0.272 e. The number of ether oxygens (including phenoxy) is 1. The zero-order valence-electron chi connectivity index (χ0n) is 14.9. The molecular formula is C19H16FN3O4S. The van der Waals surface area contributed by atoms with Crippen molar-refractivity contribution < 1.29 is 18.8 Å². The third-order valence-corrected chi connectivity index (χ3v) is 4.91. The second kappa shape index (κ2) is 8.68. The molecule has 28 heavy (non-hydrogen) atoms. The van der Waals surface area contributed by atoms with Gasteiger partial charge in [-0.3, -0.25) is 14.9 Å². The van der Waals surface area contributed by atoms with Gasteiger partial charge in [-0.25, -0.2) is 4.39 Å². The fourth-order valence-corrected chi connectivity index (χ4v) is 3.66. The van der Waals surface area contributed by atoms with E-state index in [2.05, 4.69) is 4.99 Å². The summed E-state index contributed by atoms with van der Waals surface area (Å²) in [5, 5.41) is 10.8. The number of hydrogen-bond acceptors (Lipinski definition) is 5. The number of nitrogens with zero attached hydrogens (tertiary/aromatic N) is 3. The van der Waals surface area contributed by atoms with E-state index in [0.717, 1.165) is 5.52 Å². The summed E-state index contributed by atoms with van der Waals surface area (Å²) >= 11 is 1.20. The smallest absolute Gasteiger partial charge is 0.272 e. The Morgan fingerprint density at radius 1 is 1.36 bits per heavy atom. The number of carbonyl (C=O) groups excluding carboxylic acids is 1. The van der Waals surface area contributed by atoms with Crippen LogP contribution in [-0.2, 0) is 16.1 Å². The van der Waals surface area contributed by atoms with Crippen LogP contribution in [0.25, 0.3) is 16.3 Å². The second-order valence-corrected chi connectivity index (χ2v) is 6.79. The topological polar surface area (TPSA) is 86.7 Å². The van der Waals surface area contributed by atoms with E-state index in [1.807, 2.05) is 0 Å². The van der Waals surface area contributed by atoms with E-state index in [0.29, 0.717) is 28.2 Å². The minimum absolute atomic E-state index is 0.0597. The number of nitro groups is 1. The molecule has 0 aliphatic heterocycles. The van der Waals surface area contributed by atoms with Crippen LogP contribution in [0.5, 0.6) is 0 Å². The van der Waals surface area contributed by atoms with Gasteiger partial charge in [0.1, 0.15) is 5.82 Å². The number of fused-ring (bicyclic) bond motifs is 1. The molecule has 7 nitrogen and oxygen atoms in total. The average molecular weight is 401 g/mol. The van der Waals surface area contributed by atoms with Crippen LogP contribution in [0.4, 0.5) is 10.1 Å². The molecule has 9 heteroatoms. The molecule has 0 bridgehead atoms. The first kappa shape index (κ1) is 19.6. The number of benzene rings is 2. The molecule has 0 spiro atoms. The van der Waals surface area contributed by atoms with Crippen molar-refractivity contribution in [3.63, 3.8) is 0 Å². The van der Waals surface area contributed by atoms with Gasteiger partial charge in [-0.1, -0.05) is 23.5 Å². The first-order valence-electron chi connectivity index (χ1n) is 8.27. The number of aromatic nitrogens is 1. The summed E-state index contributed by atoms with van der Waals surface area (Å²) in [5.41, 5.74) is 1.22. The van der Waals surface area contributed by atoms with Crippen LogP contribution in [-0.4, -0.2) is 29.1 Å². The normalized spacial score (nSPS) is 12.1. The van der Waals surface area contributed by atoms with Crippen LogP contribution in [0, 0.1) is 15.9 Å². The molecule has 0 unspecified atom stereocenters. The van der Waals surface area contributed by atoms with Gasteiger partial charge in [-0.2, -0.15) is 4.99 Å². The number of carbonyl (C=O) groups is 1. The predicted molar refractivity (Wildman–Crippen MR) is 104 cm³/mol. The van der Waals surface area contributed by atoms with Crippen LogP contribution in [0.1, 0.15) is 5.56 Å². The Bertz CT molecular complexity index is 1130. The summed E-state index contributed by atoms with van der Waals surface area (Å²) in [6.07, 6.45) is 2.70. The summed E-state index contributed by atoms with van der Waals surface area (Å²) < 4.78 is 21.1. The number of thiazole rings is 1. The SMILES string of the molecule is COCCn1c(=NC(=O)/C=C/c2cccc([N+](=O)[O-])c2)sc2cc(F)ccc21. The molecule has 1 heterocycles. The Morgan fingerprint density at radius 2 is 2.18 bits per heavy atom. The van der Waals surface area contributed by atoms with Crippen molar-refractivity contribution in [2.75, 3.05) is 13.7 Å². The molecule has 0 N–H and O–H groups in total. The van der Waals surface area contributed by atoms with Gasteiger partial charge in [0.2, 0.25) is 0 Å². The third-order valence-electron chi connectivity index (χ3n) is 3.87. The maximum absolute atomic E-state index is 13.5. The average Bonchev–Trinajstić information content (AvgIpc) is 3.00. The van der Waals surface area contributed by atoms with E-state index in [9.17, 15) is 19.3 Å². The van der Waals surface area contributed by atoms with Crippen LogP contribution in [0.3, 0.4) is 0 Å². The van der Waals surface area contributed by atoms with E-state index < -0.39 is 10.8 Å². The highest BCUT2D eigenvalue weighted by atomic mass is 32.1. The molecule has 0 fully saturated rings. The van der Waals surface area contributed by atoms with Crippen LogP contribution < -0.4 is 4.80 Å². The van der Waals surface area contributed by atoms with Crippen molar-refractivity contribution in [2.45, 2.75) is 6.54 Å². The number of nitro benzene ring substituents is 1. The van der Waals surface area contributed by atoms with Crippen molar-refractivity contribution in [1.29, 1.82) is 0 Å². The summed E-state index contributed by atoms with van der Waals surface area (Å²) in [6, 6.07) is 10.3. The standard InChI is InChI=1S/C19H16FN3O4S/c1-27-10-9-22-16-7-6-14(20)12-17(16)28-19(22)21-18(24)8-5-13-3-2-4-15(11-13)23(25)26/h2-8,11-12H,9-10H2,1H3/b8-5+,21-19?. The van der Waals surface area contributed by atoms with Crippen LogP contribution in [0.15, 0.2) is 53.5 Å². The van der Waals surface area contributed by atoms with Gasteiger partial charge >= 0.3 is 0 Å². The number of non-ortho nitro benzene ring substituents is 1. The molecule has 144 valence electrons. The summed E-state index contributed by atoms with van der Waals surface area (Å²) in [5.74, 6) is -0.888.